The standard InChI is InChI=1S/C18H19N3O2/c1-13(22)21-12-9-15-3-2-4-16(18(15)21)20-17(23)6-5-14-7-10-19-11-8-14/h2-4,7-8,10-11H,5-6,9,12H2,1H3,(H,20,23). The summed E-state index contributed by atoms with van der Waals surface area (Å²) in [5.41, 5.74) is 3.75. The Kier molecular flexibility index (Phi) is 4.37. The van der Waals surface area contributed by atoms with Crippen LogP contribution < -0.4 is 10.2 Å². The highest BCUT2D eigenvalue weighted by atomic mass is 16.2. The van der Waals surface area contributed by atoms with Crippen LogP contribution >= 0.6 is 0 Å². The molecule has 0 spiro atoms. The third-order valence-corrected chi connectivity index (χ3v) is 4.04. The van der Waals surface area contributed by atoms with Crippen LogP contribution in [0.15, 0.2) is 42.7 Å². The molecule has 2 amide bonds. The maximum absolute atomic E-state index is 12.2. The molecule has 0 bridgehead atoms. The molecule has 1 aromatic heterocycles. The SMILES string of the molecule is CC(=O)N1CCc2cccc(NC(=O)CCc3ccncc3)c21. The van der Waals surface area contributed by atoms with Crippen molar-refractivity contribution in [2.24, 2.45) is 0 Å². The Bertz CT molecular complexity index is 728. The maximum atomic E-state index is 12.2. The van der Waals surface area contributed by atoms with E-state index in [4.69, 9.17) is 0 Å². The smallest absolute Gasteiger partial charge is 0.224 e. The Hall–Kier alpha value is -2.69. The highest BCUT2D eigenvalue weighted by Crippen LogP contribution is 2.35. The van der Waals surface area contributed by atoms with Gasteiger partial charge in [0.1, 0.15) is 0 Å². The molecule has 23 heavy (non-hydrogen) atoms. The second-order valence-electron chi connectivity index (χ2n) is 5.64. The van der Waals surface area contributed by atoms with Crippen molar-refractivity contribution < 1.29 is 9.59 Å². The van der Waals surface area contributed by atoms with Crippen molar-refractivity contribution in [3.8, 4) is 0 Å². The number of carbonyl (C=O) groups excluding carboxylic acids is 2. The van der Waals surface area contributed by atoms with E-state index < -0.39 is 0 Å². The molecule has 0 saturated carbocycles. The third kappa shape index (κ3) is 3.39. The number of hydrogen-bond donors (Lipinski definition) is 1. The first-order valence-electron chi connectivity index (χ1n) is 7.74. The normalized spacial score (nSPS) is 12.8. The predicted octanol–water partition coefficient (Wildman–Crippen LogP) is 2.56. The minimum absolute atomic E-state index is 0.00207. The Morgan fingerprint density at radius 2 is 2.00 bits per heavy atom. The van der Waals surface area contributed by atoms with E-state index in [1.54, 1.807) is 24.2 Å². The first-order valence-corrected chi connectivity index (χ1v) is 7.74. The number of nitrogens with zero attached hydrogens (tertiary/aromatic N) is 2. The number of benzene rings is 1. The zero-order valence-corrected chi connectivity index (χ0v) is 13.1. The summed E-state index contributed by atoms with van der Waals surface area (Å²) in [7, 11) is 0. The number of aryl methyl sites for hydroxylation is 1. The Labute approximate surface area is 135 Å². The summed E-state index contributed by atoms with van der Waals surface area (Å²) in [4.78, 5) is 29.7. The van der Waals surface area contributed by atoms with Crippen molar-refractivity contribution in [1.29, 1.82) is 0 Å². The van der Waals surface area contributed by atoms with Crippen LogP contribution in [0.4, 0.5) is 11.4 Å². The summed E-state index contributed by atoms with van der Waals surface area (Å²) in [6.07, 6.45) is 5.34. The number of aromatic nitrogens is 1. The van der Waals surface area contributed by atoms with Gasteiger partial charge in [-0.3, -0.25) is 14.6 Å². The molecule has 1 aliphatic rings. The second-order valence-corrected chi connectivity index (χ2v) is 5.64. The van der Waals surface area contributed by atoms with Gasteiger partial charge in [0, 0.05) is 32.3 Å². The molecule has 3 rings (SSSR count). The molecule has 1 aliphatic heterocycles. The van der Waals surface area contributed by atoms with Crippen LogP contribution in [0.25, 0.3) is 0 Å². The van der Waals surface area contributed by atoms with E-state index in [0.29, 0.717) is 19.4 Å². The maximum Gasteiger partial charge on any atom is 0.224 e. The number of hydrogen-bond acceptors (Lipinski definition) is 3. The quantitative estimate of drug-likeness (QED) is 0.944. The minimum Gasteiger partial charge on any atom is -0.324 e. The van der Waals surface area contributed by atoms with E-state index in [0.717, 1.165) is 28.9 Å². The number of anilines is 2. The molecule has 0 radical (unpaired) electrons. The highest BCUT2D eigenvalue weighted by molar-refractivity contribution is 6.02. The summed E-state index contributed by atoms with van der Waals surface area (Å²) >= 11 is 0. The number of rotatable bonds is 4. The largest absolute Gasteiger partial charge is 0.324 e. The first-order chi connectivity index (χ1) is 11.1. The number of para-hydroxylation sites is 1. The van der Waals surface area contributed by atoms with Crippen LogP contribution in [0.1, 0.15) is 24.5 Å². The van der Waals surface area contributed by atoms with Crippen LogP contribution in [0.5, 0.6) is 0 Å². The van der Waals surface area contributed by atoms with Crippen molar-refractivity contribution in [2.75, 3.05) is 16.8 Å². The monoisotopic (exact) mass is 309 g/mol. The van der Waals surface area contributed by atoms with Crippen LogP contribution in [-0.2, 0) is 22.4 Å². The van der Waals surface area contributed by atoms with E-state index in [-0.39, 0.29) is 11.8 Å². The number of pyridine rings is 1. The topological polar surface area (TPSA) is 62.3 Å². The number of carbonyl (C=O) groups is 2. The van der Waals surface area contributed by atoms with Gasteiger partial charge < -0.3 is 10.2 Å². The molecule has 118 valence electrons. The molecule has 5 nitrogen and oxygen atoms in total. The summed E-state index contributed by atoms with van der Waals surface area (Å²) in [5, 5.41) is 2.95. The van der Waals surface area contributed by atoms with Gasteiger partial charge in [0.05, 0.1) is 11.4 Å². The van der Waals surface area contributed by atoms with Crippen LogP contribution in [-0.4, -0.2) is 23.3 Å². The summed E-state index contributed by atoms with van der Waals surface area (Å²) in [5.74, 6) is -0.0483. The molecule has 0 fully saturated rings. The number of fused-ring (bicyclic) bond motifs is 1. The van der Waals surface area contributed by atoms with E-state index in [1.165, 1.54) is 0 Å². The lowest BCUT2D eigenvalue weighted by Crippen LogP contribution is -2.27. The van der Waals surface area contributed by atoms with E-state index >= 15 is 0 Å². The van der Waals surface area contributed by atoms with E-state index in [9.17, 15) is 9.59 Å². The lowest BCUT2D eigenvalue weighted by Gasteiger charge is -2.19. The molecular formula is C18H19N3O2. The average molecular weight is 309 g/mol. The number of amides is 2. The third-order valence-electron chi connectivity index (χ3n) is 4.04. The van der Waals surface area contributed by atoms with Gasteiger partial charge in [-0.05, 0) is 42.2 Å². The number of nitrogens with one attached hydrogen (secondary N) is 1. The zero-order valence-electron chi connectivity index (χ0n) is 13.1. The van der Waals surface area contributed by atoms with Gasteiger partial charge in [-0.25, -0.2) is 0 Å². The van der Waals surface area contributed by atoms with Crippen molar-refractivity contribution in [3.05, 3.63) is 53.9 Å². The van der Waals surface area contributed by atoms with Gasteiger partial charge >= 0.3 is 0 Å². The molecule has 2 heterocycles. The van der Waals surface area contributed by atoms with Crippen molar-refractivity contribution in [1.82, 2.24) is 4.98 Å². The fourth-order valence-corrected chi connectivity index (χ4v) is 2.89. The second kappa shape index (κ2) is 6.60. The molecular weight excluding hydrogens is 290 g/mol. The Balaban J connectivity index is 1.70. The van der Waals surface area contributed by atoms with Crippen LogP contribution in [0, 0.1) is 0 Å². The molecule has 0 atom stereocenters. The fraction of sp³-hybridized carbons (Fsp3) is 0.278. The average Bonchev–Trinajstić information content (AvgIpc) is 2.99. The van der Waals surface area contributed by atoms with Gasteiger partial charge in [-0.1, -0.05) is 12.1 Å². The lowest BCUT2D eigenvalue weighted by molar-refractivity contribution is -0.117. The van der Waals surface area contributed by atoms with Gasteiger partial charge in [0.2, 0.25) is 11.8 Å². The molecule has 0 unspecified atom stereocenters. The van der Waals surface area contributed by atoms with Crippen molar-refractivity contribution in [3.63, 3.8) is 0 Å². The van der Waals surface area contributed by atoms with E-state index in [1.807, 2.05) is 30.3 Å². The first kappa shape index (κ1) is 15.2. The van der Waals surface area contributed by atoms with Gasteiger partial charge in [-0.2, -0.15) is 0 Å². The van der Waals surface area contributed by atoms with Gasteiger partial charge in [0.25, 0.3) is 0 Å². The molecule has 5 heteroatoms. The molecule has 1 N–H and O–H groups in total. The molecule has 1 aromatic carbocycles. The van der Waals surface area contributed by atoms with Crippen LogP contribution in [0.2, 0.25) is 0 Å². The Morgan fingerprint density at radius 3 is 2.74 bits per heavy atom. The van der Waals surface area contributed by atoms with Crippen LogP contribution in [0.3, 0.4) is 0 Å². The van der Waals surface area contributed by atoms with Gasteiger partial charge in [0.15, 0.2) is 0 Å². The molecule has 0 saturated heterocycles. The van der Waals surface area contributed by atoms with Crippen molar-refractivity contribution in [2.45, 2.75) is 26.2 Å². The summed E-state index contributed by atoms with van der Waals surface area (Å²) in [6, 6.07) is 9.59. The minimum atomic E-state index is -0.0504. The fourth-order valence-electron chi connectivity index (χ4n) is 2.89. The molecule has 0 aliphatic carbocycles. The van der Waals surface area contributed by atoms with Gasteiger partial charge in [-0.15, -0.1) is 0 Å². The molecule has 2 aromatic rings. The highest BCUT2D eigenvalue weighted by Gasteiger charge is 2.25. The Morgan fingerprint density at radius 1 is 1.22 bits per heavy atom. The predicted molar refractivity (Wildman–Crippen MR) is 89.4 cm³/mol. The summed E-state index contributed by atoms with van der Waals surface area (Å²) < 4.78 is 0. The lowest BCUT2D eigenvalue weighted by atomic mass is 10.1. The zero-order chi connectivity index (χ0) is 16.2. The van der Waals surface area contributed by atoms with E-state index in [2.05, 4.69) is 10.3 Å². The summed E-state index contributed by atoms with van der Waals surface area (Å²) in [6.45, 7) is 2.23. The van der Waals surface area contributed by atoms with Crippen molar-refractivity contribution >= 4 is 23.2 Å².